The summed E-state index contributed by atoms with van der Waals surface area (Å²) in [7, 11) is 0. The van der Waals surface area contributed by atoms with Crippen LogP contribution in [0.3, 0.4) is 0 Å². The van der Waals surface area contributed by atoms with Gasteiger partial charge in [-0.1, -0.05) is 19.9 Å². The third-order valence-corrected chi connectivity index (χ3v) is 3.65. The third-order valence-electron chi connectivity index (χ3n) is 3.65. The molecular weight excluding hydrogens is 220 g/mol. The summed E-state index contributed by atoms with van der Waals surface area (Å²) in [5.74, 6) is -1.55. The van der Waals surface area contributed by atoms with Gasteiger partial charge in [0.25, 0.3) is 0 Å². The van der Waals surface area contributed by atoms with Crippen molar-refractivity contribution in [3.8, 4) is 0 Å². The zero-order valence-electron chi connectivity index (χ0n) is 10.4. The van der Waals surface area contributed by atoms with E-state index in [2.05, 4.69) is 19.2 Å². The van der Waals surface area contributed by atoms with Crippen LogP contribution >= 0.6 is 0 Å². The van der Waals surface area contributed by atoms with Gasteiger partial charge >= 0.3 is 0 Å². The lowest BCUT2D eigenvalue weighted by atomic mass is 9.75. The van der Waals surface area contributed by atoms with Gasteiger partial charge in [-0.3, -0.25) is 0 Å². The largest absolute Gasteiger partial charge is 0.380 e. The molecule has 0 heterocycles. The van der Waals surface area contributed by atoms with E-state index in [4.69, 9.17) is 0 Å². The third kappa shape index (κ3) is 2.96. The van der Waals surface area contributed by atoms with E-state index in [9.17, 15) is 8.78 Å². The molecule has 1 N–H and O–H groups in total. The van der Waals surface area contributed by atoms with Crippen molar-refractivity contribution in [3.05, 3.63) is 29.8 Å². The predicted octanol–water partition coefficient (Wildman–Crippen LogP) is 4.35. The average molecular weight is 239 g/mol. The molecule has 0 atom stereocenters. The molecule has 1 nitrogen and oxygen atoms in total. The van der Waals surface area contributed by atoms with Gasteiger partial charge in [-0.15, -0.1) is 0 Å². The molecule has 1 aromatic rings. The maximum atomic E-state index is 13.5. The average Bonchev–Trinajstić information content (AvgIpc) is 2.27. The topological polar surface area (TPSA) is 12.0 Å². The second-order valence-corrected chi connectivity index (χ2v) is 5.68. The van der Waals surface area contributed by atoms with Crippen molar-refractivity contribution in [1.29, 1.82) is 0 Å². The van der Waals surface area contributed by atoms with Crippen LogP contribution in [0.25, 0.3) is 0 Å². The molecule has 94 valence electrons. The lowest BCUT2D eigenvalue weighted by Gasteiger charge is -2.35. The molecule has 3 heteroatoms. The van der Waals surface area contributed by atoms with E-state index < -0.39 is 11.6 Å². The van der Waals surface area contributed by atoms with E-state index in [0.717, 1.165) is 31.7 Å². The lowest BCUT2D eigenvalue weighted by molar-refractivity contribution is 0.232. The Bertz CT molecular complexity index is 391. The normalized spacial score (nSPS) is 20.2. The van der Waals surface area contributed by atoms with Gasteiger partial charge in [-0.25, -0.2) is 8.78 Å². The van der Waals surface area contributed by atoms with Gasteiger partial charge < -0.3 is 5.32 Å². The Labute approximate surface area is 101 Å². The first-order chi connectivity index (χ1) is 7.98. The van der Waals surface area contributed by atoms with E-state index in [-0.39, 0.29) is 11.7 Å². The molecule has 1 saturated carbocycles. The second kappa shape index (κ2) is 4.63. The Hall–Kier alpha value is -1.12. The zero-order chi connectivity index (χ0) is 12.5. The summed E-state index contributed by atoms with van der Waals surface area (Å²) in [5, 5.41) is 3.11. The minimum absolute atomic E-state index is 0.263. The molecule has 0 amide bonds. The van der Waals surface area contributed by atoms with E-state index in [1.807, 2.05) is 0 Å². The van der Waals surface area contributed by atoms with Crippen molar-refractivity contribution in [2.45, 2.75) is 45.6 Å². The van der Waals surface area contributed by atoms with Crippen molar-refractivity contribution in [3.63, 3.8) is 0 Å². The fraction of sp³-hybridized carbons (Fsp3) is 0.571. The monoisotopic (exact) mass is 239 g/mol. The van der Waals surface area contributed by atoms with E-state index >= 15 is 0 Å². The molecule has 1 fully saturated rings. The molecule has 1 aliphatic carbocycles. The van der Waals surface area contributed by atoms with Gasteiger partial charge in [-0.2, -0.15) is 0 Å². The smallest absolute Gasteiger partial charge is 0.181 e. The van der Waals surface area contributed by atoms with Gasteiger partial charge in [0.05, 0.1) is 5.69 Å². The summed E-state index contributed by atoms with van der Waals surface area (Å²) in [4.78, 5) is 0. The molecule has 17 heavy (non-hydrogen) atoms. The summed E-state index contributed by atoms with van der Waals surface area (Å²) in [5.41, 5.74) is 0.674. The molecule has 0 aromatic heterocycles. The molecule has 0 unspecified atom stereocenters. The molecule has 0 bridgehead atoms. The lowest BCUT2D eigenvalue weighted by Crippen LogP contribution is -2.30. The maximum absolute atomic E-state index is 13.5. The van der Waals surface area contributed by atoms with E-state index in [1.165, 1.54) is 6.07 Å². The first-order valence-corrected chi connectivity index (χ1v) is 6.18. The second-order valence-electron chi connectivity index (χ2n) is 5.68. The fourth-order valence-corrected chi connectivity index (χ4v) is 2.38. The van der Waals surface area contributed by atoms with Crippen molar-refractivity contribution in [1.82, 2.24) is 0 Å². The SMILES string of the molecule is CC1(C)CCC(Nc2cccc(F)c2F)CC1. The summed E-state index contributed by atoms with van der Waals surface area (Å²) in [6.45, 7) is 4.51. The standard InChI is InChI=1S/C14H19F2N/c1-14(2)8-6-10(7-9-14)17-12-5-3-4-11(15)13(12)16/h3-5,10,17H,6-9H2,1-2H3. The van der Waals surface area contributed by atoms with E-state index in [0.29, 0.717) is 5.41 Å². The number of hydrogen-bond donors (Lipinski definition) is 1. The van der Waals surface area contributed by atoms with Crippen LogP contribution in [0.2, 0.25) is 0 Å². The Morgan fingerprint density at radius 2 is 1.82 bits per heavy atom. The van der Waals surface area contributed by atoms with E-state index in [1.54, 1.807) is 6.07 Å². The van der Waals surface area contributed by atoms with Crippen LogP contribution in [0.4, 0.5) is 14.5 Å². The van der Waals surface area contributed by atoms with Crippen LogP contribution in [0.5, 0.6) is 0 Å². The summed E-state index contributed by atoms with van der Waals surface area (Å²) < 4.78 is 26.5. The first kappa shape index (κ1) is 12.3. The molecule has 0 spiro atoms. The van der Waals surface area contributed by atoms with Crippen molar-refractivity contribution >= 4 is 5.69 Å². The number of benzene rings is 1. The van der Waals surface area contributed by atoms with Gasteiger partial charge in [0.15, 0.2) is 11.6 Å². The van der Waals surface area contributed by atoms with Crippen LogP contribution in [0, 0.1) is 17.0 Å². The molecular formula is C14H19F2N. The van der Waals surface area contributed by atoms with Crippen LogP contribution in [0.15, 0.2) is 18.2 Å². The Kier molecular flexibility index (Phi) is 3.36. The highest BCUT2D eigenvalue weighted by molar-refractivity contribution is 5.45. The number of hydrogen-bond acceptors (Lipinski definition) is 1. The summed E-state index contributed by atoms with van der Waals surface area (Å²) in [6, 6.07) is 4.54. The van der Waals surface area contributed by atoms with Crippen molar-refractivity contribution < 1.29 is 8.78 Å². The van der Waals surface area contributed by atoms with Crippen LogP contribution in [-0.4, -0.2) is 6.04 Å². The minimum atomic E-state index is -0.786. The molecule has 2 rings (SSSR count). The zero-order valence-corrected chi connectivity index (χ0v) is 10.4. The summed E-state index contributed by atoms with van der Waals surface area (Å²) >= 11 is 0. The van der Waals surface area contributed by atoms with Crippen LogP contribution in [0.1, 0.15) is 39.5 Å². The van der Waals surface area contributed by atoms with Crippen LogP contribution < -0.4 is 5.32 Å². The molecule has 1 aliphatic rings. The Morgan fingerprint density at radius 3 is 2.47 bits per heavy atom. The van der Waals surface area contributed by atoms with Gasteiger partial charge in [0.2, 0.25) is 0 Å². The summed E-state index contributed by atoms with van der Waals surface area (Å²) in [6.07, 6.45) is 4.29. The number of rotatable bonds is 2. The Morgan fingerprint density at radius 1 is 1.18 bits per heavy atom. The minimum Gasteiger partial charge on any atom is -0.380 e. The van der Waals surface area contributed by atoms with Gasteiger partial charge in [0, 0.05) is 6.04 Å². The highest BCUT2D eigenvalue weighted by Gasteiger charge is 2.27. The van der Waals surface area contributed by atoms with Crippen LogP contribution in [-0.2, 0) is 0 Å². The number of halogens is 2. The quantitative estimate of drug-likeness (QED) is 0.809. The molecule has 1 aromatic carbocycles. The van der Waals surface area contributed by atoms with Gasteiger partial charge in [-0.05, 0) is 43.2 Å². The Balaban J connectivity index is 2.00. The maximum Gasteiger partial charge on any atom is 0.181 e. The first-order valence-electron chi connectivity index (χ1n) is 6.18. The fourth-order valence-electron chi connectivity index (χ4n) is 2.38. The number of anilines is 1. The van der Waals surface area contributed by atoms with Gasteiger partial charge in [0.1, 0.15) is 0 Å². The molecule has 0 radical (unpaired) electrons. The number of nitrogens with one attached hydrogen (secondary N) is 1. The highest BCUT2D eigenvalue weighted by atomic mass is 19.2. The van der Waals surface area contributed by atoms with Crippen molar-refractivity contribution in [2.24, 2.45) is 5.41 Å². The predicted molar refractivity (Wildman–Crippen MR) is 66.0 cm³/mol. The molecule has 0 aliphatic heterocycles. The highest BCUT2D eigenvalue weighted by Crippen LogP contribution is 2.36. The molecule has 0 saturated heterocycles. The van der Waals surface area contributed by atoms with Crippen molar-refractivity contribution in [2.75, 3.05) is 5.32 Å².